The number of carbonyl (C=O) groups excluding carboxylic acids is 1. The molecule has 4 aromatic rings. The number of furan rings is 1. The molecule has 1 saturated carbocycles. The molecule has 1 aliphatic carbocycles. The molecule has 0 bridgehead atoms. The Morgan fingerprint density at radius 2 is 1.79 bits per heavy atom. The third-order valence-electron chi connectivity index (χ3n) is 6.58. The molecule has 0 spiro atoms. The van der Waals surface area contributed by atoms with E-state index in [9.17, 15) is 27.5 Å². The van der Waals surface area contributed by atoms with Crippen LogP contribution < -0.4 is 9.62 Å². The summed E-state index contributed by atoms with van der Waals surface area (Å²) in [6.45, 7) is 0.268. The van der Waals surface area contributed by atoms with Crippen molar-refractivity contribution in [2.45, 2.75) is 12.8 Å². The minimum atomic E-state index is -3.73. The third kappa shape index (κ3) is 4.87. The highest BCUT2D eigenvalue weighted by Gasteiger charge is 2.32. The Labute approximate surface area is 218 Å². The van der Waals surface area contributed by atoms with E-state index in [-0.39, 0.29) is 34.9 Å². The lowest BCUT2D eigenvalue weighted by Crippen LogP contribution is -2.32. The van der Waals surface area contributed by atoms with Gasteiger partial charge in [-0.3, -0.25) is 9.10 Å². The smallest absolute Gasteiger partial charge is 0.335 e. The third-order valence-corrected chi connectivity index (χ3v) is 7.72. The fourth-order valence-corrected chi connectivity index (χ4v) is 5.48. The van der Waals surface area contributed by atoms with Crippen molar-refractivity contribution < 1.29 is 31.9 Å². The summed E-state index contributed by atoms with van der Waals surface area (Å²) in [6.07, 6.45) is 2.95. The van der Waals surface area contributed by atoms with Crippen LogP contribution in [0.5, 0.6) is 0 Å². The van der Waals surface area contributed by atoms with Crippen molar-refractivity contribution in [2.75, 3.05) is 24.2 Å². The Balaban J connectivity index is 1.83. The van der Waals surface area contributed by atoms with Crippen molar-refractivity contribution in [3.05, 3.63) is 77.6 Å². The van der Waals surface area contributed by atoms with Crippen LogP contribution in [0.1, 0.15) is 33.6 Å². The standard InChI is InChI=1S/C28H25FN2O6S/c1-30-27(32)25-22-13-21(18-4-3-5-19(12-18)28(33)34)23(31(38(2,35)36)15-16-6-7-16)14-24(22)37-26(25)17-8-10-20(29)11-9-17/h3-5,8-14,16H,6-7,15H2,1-2H3,(H,30,32)(H,33,34). The summed E-state index contributed by atoms with van der Waals surface area (Å²) in [6, 6.07) is 14.9. The number of carboxylic acid groups (broad SMARTS) is 1. The van der Waals surface area contributed by atoms with Crippen LogP contribution in [0.25, 0.3) is 33.4 Å². The molecule has 8 nitrogen and oxygen atoms in total. The lowest BCUT2D eigenvalue weighted by molar-refractivity contribution is 0.0696. The van der Waals surface area contributed by atoms with Crippen molar-refractivity contribution in [1.29, 1.82) is 0 Å². The average molecular weight is 537 g/mol. The van der Waals surface area contributed by atoms with Crippen molar-refractivity contribution in [1.82, 2.24) is 5.32 Å². The number of benzene rings is 3. The van der Waals surface area contributed by atoms with Gasteiger partial charge in [-0.2, -0.15) is 0 Å². The molecule has 0 unspecified atom stereocenters. The quantitative estimate of drug-likeness (QED) is 0.322. The summed E-state index contributed by atoms with van der Waals surface area (Å²) < 4.78 is 47.0. The number of carbonyl (C=O) groups is 2. The summed E-state index contributed by atoms with van der Waals surface area (Å²) in [7, 11) is -2.25. The summed E-state index contributed by atoms with van der Waals surface area (Å²) in [4.78, 5) is 24.7. The summed E-state index contributed by atoms with van der Waals surface area (Å²) in [5.41, 5.74) is 2.19. The van der Waals surface area contributed by atoms with Crippen LogP contribution in [-0.4, -0.2) is 45.2 Å². The highest BCUT2D eigenvalue weighted by Crippen LogP contribution is 2.43. The second-order valence-corrected chi connectivity index (χ2v) is 11.3. The van der Waals surface area contributed by atoms with Gasteiger partial charge in [0.15, 0.2) is 0 Å². The fraction of sp³-hybridized carbons (Fsp3) is 0.214. The maximum atomic E-state index is 13.6. The molecule has 1 heterocycles. The van der Waals surface area contributed by atoms with Crippen molar-refractivity contribution in [3.8, 4) is 22.5 Å². The number of anilines is 1. The Kier molecular flexibility index (Phi) is 6.44. The molecule has 38 heavy (non-hydrogen) atoms. The number of sulfonamides is 1. The predicted molar refractivity (Wildman–Crippen MR) is 142 cm³/mol. The Hall–Kier alpha value is -4.18. The second-order valence-electron chi connectivity index (χ2n) is 9.38. The SMILES string of the molecule is CNC(=O)c1c(-c2ccc(F)cc2)oc2cc(N(CC3CC3)S(C)(=O)=O)c(-c3cccc(C(=O)O)c3)cc12. The fourth-order valence-electron chi connectivity index (χ4n) is 4.49. The van der Waals surface area contributed by atoms with Gasteiger partial charge in [-0.1, -0.05) is 12.1 Å². The van der Waals surface area contributed by atoms with Crippen LogP contribution in [0.4, 0.5) is 10.1 Å². The van der Waals surface area contributed by atoms with Crippen LogP contribution in [0.3, 0.4) is 0 Å². The van der Waals surface area contributed by atoms with Gasteiger partial charge in [-0.05, 0) is 66.8 Å². The molecule has 1 aromatic heterocycles. The first-order valence-electron chi connectivity index (χ1n) is 12.0. The molecule has 196 valence electrons. The number of hydrogen-bond acceptors (Lipinski definition) is 5. The molecular formula is C28H25FN2O6S. The van der Waals surface area contributed by atoms with E-state index < -0.39 is 27.7 Å². The molecule has 5 rings (SSSR count). The van der Waals surface area contributed by atoms with Crippen LogP contribution in [0.2, 0.25) is 0 Å². The molecule has 2 N–H and O–H groups in total. The van der Waals surface area contributed by atoms with Crippen LogP contribution in [0, 0.1) is 11.7 Å². The first-order chi connectivity index (χ1) is 18.1. The van der Waals surface area contributed by atoms with Crippen LogP contribution in [-0.2, 0) is 10.0 Å². The first kappa shape index (κ1) is 25.5. The van der Waals surface area contributed by atoms with Gasteiger partial charge < -0.3 is 14.8 Å². The Morgan fingerprint density at radius 3 is 2.39 bits per heavy atom. The maximum Gasteiger partial charge on any atom is 0.335 e. The van der Waals surface area contributed by atoms with Crippen LogP contribution >= 0.6 is 0 Å². The molecule has 3 aromatic carbocycles. The van der Waals surface area contributed by atoms with Gasteiger partial charge in [0, 0.05) is 36.2 Å². The number of nitrogens with one attached hydrogen (secondary N) is 1. The van der Waals surface area contributed by atoms with Crippen molar-refractivity contribution in [3.63, 3.8) is 0 Å². The van der Waals surface area contributed by atoms with E-state index >= 15 is 0 Å². The highest BCUT2D eigenvalue weighted by molar-refractivity contribution is 7.92. The second kappa shape index (κ2) is 9.60. The van der Waals surface area contributed by atoms with E-state index in [1.807, 2.05) is 0 Å². The van der Waals surface area contributed by atoms with E-state index in [0.29, 0.717) is 27.8 Å². The zero-order chi connectivity index (χ0) is 27.2. The van der Waals surface area contributed by atoms with E-state index in [1.54, 1.807) is 24.3 Å². The lowest BCUT2D eigenvalue weighted by Gasteiger charge is -2.25. The maximum absolute atomic E-state index is 13.6. The van der Waals surface area contributed by atoms with Crippen LogP contribution in [0.15, 0.2) is 65.1 Å². The number of halogens is 1. The largest absolute Gasteiger partial charge is 0.478 e. The molecule has 0 radical (unpaired) electrons. The number of aromatic carboxylic acids is 1. The number of nitrogens with zero attached hydrogens (tertiary/aromatic N) is 1. The van der Waals surface area contributed by atoms with Gasteiger partial charge in [-0.25, -0.2) is 17.6 Å². The Bertz CT molecular complexity index is 1670. The number of amides is 1. The molecule has 0 saturated heterocycles. The number of carboxylic acids is 1. The van der Waals surface area contributed by atoms with E-state index in [4.69, 9.17) is 4.42 Å². The van der Waals surface area contributed by atoms with E-state index in [2.05, 4.69) is 5.32 Å². The molecule has 1 aliphatic rings. The van der Waals surface area contributed by atoms with Gasteiger partial charge in [-0.15, -0.1) is 0 Å². The molecule has 0 atom stereocenters. The summed E-state index contributed by atoms with van der Waals surface area (Å²) in [5.74, 6) is -1.60. The number of hydrogen-bond donors (Lipinski definition) is 2. The van der Waals surface area contributed by atoms with Gasteiger partial charge in [0.25, 0.3) is 5.91 Å². The highest BCUT2D eigenvalue weighted by atomic mass is 32.2. The summed E-state index contributed by atoms with van der Waals surface area (Å²) >= 11 is 0. The Morgan fingerprint density at radius 1 is 1.08 bits per heavy atom. The zero-order valence-corrected chi connectivity index (χ0v) is 21.5. The first-order valence-corrected chi connectivity index (χ1v) is 13.8. The topological polar surface area (TPSA) is 117 Å². The number of rotatable bonds is 8. The minimum Gasteiger partial charge on any atom is -0.478 e. The normalized spacial score (nSPS) is 13.4. The zero-order valence-electron chi connectivity index (χ0n) is 20.7. The lowest BCUT2D eigenvalue weighted by atomic mass is 9.97. The molecule has 1 fully saturated rings. The van der Waals surface area contributed by atoms with Gasteiger partial charge in [0.05, 0.1) is 23.1 Å². The minimum absolute atomic E-state index is 0.0346. The van der Waals surface area contributed by atoms with Gasteiger partial charge in [0.2, 0.25) is 10.0 Å². The molecule has 1 amide bonds. The molecule has 0 aliphatic heterocycles. The van der Waals surface area contributed by atoms with Crippen molar-refractivity contribution in [2.24, 2.45) is 5.92 Å². The van der Waals surface area contributed by atoms with Gasteiger partial charge >= 0.3 is 5.97 Å². The average Bonchev–Trinajstić information content (AvgIpc) is 3.64. The predicted octanol–water partition coefficient (Wildman–Crippen LogP) is 5.14. The van der Waals surface area contributed by atoms with E-state index in [1.165, 1.54) is 47.8 Å². The van der Waals surface area contributed by atoms with Crippen molar-refractivity contribution >= 4 is 38.6 Å². The molecule has 10 heteroatoms. The molecular weight excluding hydrogens is 511 g/mol. The van der Waals surface area contributed by atoms with Gasteiger partial charge in [0.1, 0.15) is 17.2 Å². The summed E-state index contributed by atoms with van der Waals surface area (Å²) in [5, 5.41) is 12.6. The number of fused-ring (bicyclic) bond motifs is 1. The van der Waals surface area contributed by atoms with E-state index in [0.717, 1.165) is 19.1 Å². The monoisotopic (exact) mass is 536 g/mol.